The fourth-order valence-corrected chi connectivity index (χ4v) is 2.55. The summed E-state index contributed by atoms with van der Waals surface area (Å²) in [5, 5.41) is 1.49. The fourth-order valence-electron chi connectivity index (χ4n) is 2.08. The Balaban J connectivity index is 1.89. The second-order valence-electron chi connectivity index (χ2n) is 4.63. The predicted octanol–water partition coefficient (Wildman–Crippen LogP) is 5.30. The Bertz CT molecular complexity index is 839. The van der Waals surface area contributed by atoms with Crippen LogP contribution in [0.15, 0.2) is 46.9 Å². The van der Waals surface area contributed by atoms with Crippen LogP contribution in [0, 0.1) is 5.82 Å². The van der Waals surface area contributed by atoms with Gasteiger partial charge in [-0.3, -0.25) is 4.79 Å². The Hall–Kier alpha value is -1.84. The van der Waals surface area contributed by atoms with Gasteiger partial charge < -0.3 is 4.42 Å². The maximum absolute atomic E-state index is 13.1. The first-order valence-corrected chi connectivity index (χ1v) is 6.95. The molecule has 2 aromatic carbocycles. The number of halogens is 3. The molecule has 1 aromatic heterocycles. The summed E-state index contributed by atoms with van der Waals surface area (Å²) in [5.41, 5.74) is 1.14. The highest BCUT2D eigenvalue weighted by molar-refractivity contribution is 6.35. The number of furan rings is 1. The molecule has 1 heterocycles. The molecule has 0 N–H and O–H groups in total. The minimum absolute atomic E-state index is 0.0955. The topological polar surface area (TPSA) is 30.2 Å². The van der Waals surface area contributed by atoms with Crippen LogP contribution in [0.5, 0.6) is 0 Å². The number of Topliss-reactive ketones (excluding diaryl/α,β-unsaturated/α-hetero) is 1. The van der Waals surface area contributed by atoms with Gasteiger partial charge in [-0.15, -0.1) is 0 Å². The van der Waals surface area contributed by atoms with Crippen molar-refractivity contribution in [3.63, 3.8) is 0 Å². The quantitative estimate of drug-likeness (QED) is 0.612. The van der Waals surface area contributed by atoms with Crippen molar-refractivity contribution in [2.75, 3.05) is 0 Å². The molecule has 21 heavy (non-hydrogen) atoms. The van der Waals surface area contributed by atoms with Gasteiger partial charge in [-0.2, -0.15) is 0 Å². The molecule has 0 unspecified atom stereocenters. The maximum Gasteiger partial charge on any atom is 0.202 e. The Labute approximate surface area is 130 Å². The Morgan fingerprint density at radius 1 is 1.10 bits per heavy atom. The Morgan fingerprint density at radius 2 is 1.90 bits per heavy atom. The van der Waals surface area contributed by atoms with Crippen LogP contribution in [0.4, 0.5) is 4.39 Å². The van der Waals surface area contributed by atoms with Crippen LogP contribution in [-0.4, -0.2) is 5.78 Å². The molecular weight excluding hydrogens is 314 g/mol. The summed E-state index contributed by atoms with van der Waals surface area (Å²) in [6.45, 7) is 0. The molecule has 5 heteroatoms. The second-order valence-corrected chi connectivity index (χ2v) is 5.47. The number of carbonyl (C=O) groups excluding carboxylic acids is 1. The van der Waals surface area contributed by atoms with Crippen molar-refractivity contribution >= 4 is 40.0 Å². The summed E-state index contributed by atoms with van der Waals surface area (Å²) >= 11 is 11.9. The molecule has 0 aliphatic carbocycles. The number of ketones is 1. The zero-order valence-corrected chi connectivity index (χ0v) is 12.2. The van der Waals surface area contributed by atoms with Crippen LogP contribution in [0.3, 0.4) is 0 Å². The molecule has 2 nitrogen and oxygen atoms in total. The van der Waals surface area contributed by atoms with E-state index in [1.807, 2.05) is 0 Å². The van der Waals surface area contributed by atoms with E-state index in [2.05, 4.69) is 0 Å². The molecule has 0 saturated heterocycles. The third-order valence-electron chi connectivity index (χ3n) is 3.12. The van der Waals surface area contributed by atoms with Crippen LogP contribution in [0.1, 0.15) is 16.1 Å². The van der Waals surface area contributed by atoms with Crippen LogP contribution >= 0.6 is 23.2 Å². The van der Waals surface area contributed by atoms with E-state index in [9.17, 15) is 9.18 Å². The van der Waals surface area contributed by atoms with Crippen molar-refractivity contribution in [2.24, 2.45) is 0 Å². The molecular formula is C16H9Cl2FO2. The summed E-state index contributed by atoms with van der Waals surface area (Å²) in [6.07, 6.45) is 0.0955. The van der Waals surface area contributed by atoms with Gasteiger partial charge in [0, 0.05) is 21.9 Å². The van der Waals surface area contributed by atoms with Crippen LogP contribution < -0.4 is 0 Å². The van der Waals surface area contributed by atoms with E-state index in [-0.39, 0.29) is 23.8 Å². The molecule has 0 bridgehead atoms. The highest BCUT2D eigenvalue weighted by Crippen LogP contribution is 2.25. The minimum atomic E-state index is -0.372. The van der Waals surface area contributed by atoms with Crippen molar-refractivity contribution in [3.05, 3.63) is 69.7 Å². The minimum Gasteiger partial charge on any atom is -0.453 e. The number of hydrogen-bond acceptors (Lipinski definition) is 2. The molecule has 0 atom stereocenters. The lowest BCUT2D eigenvalue weighted by Crippen LogP contribution is -2.02. The SMILES string of the molecule is O=C(Cc1ccc(Cl)cc1Cl)c1cc2cc(F)ccc2o1. The highest BCUT2D eigenvalue weighted by atomic mass is 35.5. The van der Waals surface area contributed by atoms with E-state index in [4.69, 9.17) is 27.6 Å². The smallest absolute Gasteiger partial charge is 0.202 e. The van der Waals surface area contributed by atoms with Gasteiger partial charge in [0.15, 0.2) is 5.76 Å². The van der Waals surface area contributed by atoms with Gasteiger partial charge in [0.25, 0.3) is 0 Å². The first-order chi connectivity index (χ1) is 10.0. The lowest BCUT2D eigenvalue weighted by Gasteiger charge is -2.02. The van der Waals surface area contributed by atoms with Gasteiger partial charge in [-0.05, 0) is 42.0 Å². The van der Waals surface area contributed by atoms with Gasteiger partial charge in [0.2, 0.25) is 5.78 Å². The highest BCUT2D eigenvalue weighted by Gasteiger charge is 2.15. The van der Waals surface area contributed by atoms with Crippen molar-refractivity contribution in [2.45, 2.75) is 6.42 Å². The molecule has 3 rings (SSSR count). The van der Waals surface area contributed by atoms with Crippen molar-refractivity contribution in [1.82, 2.24) is 0 Å². The third-order valence-corrected chi connectivity index (χ3v) is 3.71. The molecule has 3 aromatic rings. The third kappa shape index (κ3) is 2.94. The monoisotopic (exact) mass is 322 g/mol. The molecule has 0 fully saturated rings. The molecule has 0 spiro atoms. The lowest BCUT2D eigenvalue weighted by atomic mass is 10.1. The van der Waals surface area contributed by atoms with Crippen molar-refractivity contribution in [3.8, 4) is 0 Å². The average molecular weight is 323 g/mol. The lowest BCUT2D eigenvalue weighted by molar-refractivity contribution is 0.0968. The zero-order valence-electron chi connectivity index (χ0n) is 10.7. The standard InChI is InChI=1S/C16H9Cl2FO2/c17-11-2-1-9(13(18)8-11)6-14(20)16-7-10-5-12(19)3-4-15(10)21-16/h1-5,7-8H,6H2. The molecule has 0 aliphatic rings. The van der Waals surface area contributed by atoms with E-state index in [1.54, 1.807) is 18.2 Å². The van der Waals surface area contributed by atoms with E-state index in [1.165, 1.54) is 24.3 Å². The summed E-state index contributed by atoms with van der Waals surface area (Å²) in [4.78, 5) is 12.2. The van der Waals surface area contributed by atoms with Gasteiger partial charge >= 0.3 is 0 Å². The molecule has 0 saturated carbocycles. The number of hydrogen-bond donors (Lipinski definition) is 0. The predicted molar refractivity (Wildman–Crippen MR) is 80.7 cm³/mol. The number of fused-ring (bicyclic) bond motifs is 1. The van der Waals surface area contributed by atoms with Gasteiger partial charge in [0.05, 0.1) is 0 Å². The van der Waals surface area contributed by atoms with E-state index in [0.29, 0.717) is 26.6 Å². The first-order valence-electron chi connectivity index (χ1n) is 6.19. The molecule has 0 aliphatic heterocycles. The summed E-state index contributed by atoms with van der Waals surface area (Å²) in [6, 6.07) is 10.6. The van der Waals surface area contributed by atoms with Crippen molar-refractivity contribution < 1.29 is 13.6 Å². The average Bonchev–Trinajstić information content (AvgIpc) is 2.85. The van der Waals surface area contributed by atoms with Gasteiger partial charge in [-0.1, -0.05) is 29.3 Å². The number of carbonyl (C=O) groups is 1. The zero-order chi connectivity index (χ0) is 15.0. The number of benzene rings is 2. The number of rotatable bonds is 3. The van der Waals surface area contributed by atoms with Crippen molar-refractivity contribution in [1.29, 1.82) is 0 Å². The van der Waals surface area contributed by atoms with Crippen LogP contribution in [0.25, 0.3) is 11.0 Å². The van der Waals surface area contributed by atoms with E-state index in [0.717, 1.165) is 0 Å². The largest absolute Gasteiger partial charge is 0.453 e. The van der Waals surface area contributed by atoms with E-state index < -0.39 is 0 Å². The van der Waals surface area contributed by atoms with Gasteiger partial charge in [-0.25, -0.2) is 4.39 Å². The molecule has 0 amide bonds. The summed E-state index contributed by atoms with van der Waals surface area (Å²) < 4.78 is 18.6. The van der Waals surface area contributed by atoms with Gasteiger partial charge in [0.1, 0.15) is 11.4 Å². The van der Waals surface area contributed by atoms with Crippen LogP contribution in [-0.2, 0) is 6.42 Å². The second kappa shape index (κ2) is 5.51. The fraction of sp³-hybridized carbons (Fsp3) is 0.0625. The normalized spacial score (nSPS) is 11.0. The van der Waals surface area contributed by atoms with E-state index >= 15 is 0 Å². The Kier molecular flexibility index (Phi) is 3.70. The maximum atomic E-state index is 13.1. The summed E-state index contributed by atoms with van der Waals surface area (Å²) in [7, 11) is 0. The first kappa shape index (κ1) is 14.1. The summed E-state index contributed by atoms with van der Waals surface area (Å²) in [5.74, 6) is -0.416. The molecule has 0 radical (unpaired) electrons. The Morgan fingerprint density at radius 3 is 2.67 bits per heavy atom. The molecule has 106 valence electrons. The van der Waals surface area contributed by atoms with Crippen LogP contribution in [0.2, 0.25) is 10.0 Å².